The number of para-hydroxylation sites is 1. The number of sulfonamides is 1. The minimum atomic E-state index is -3.63. The topological polar surface area (TPSA) is 53.5 Å². The van der Waals surface area contributed by atoms with Crippen LogP contribution in [0.1, 0.15) is 26.2 Å². The zero-order valence-corrected chi connectivity index (χ0v) is 17.5. The van der Waals surface area contributed by atoms with Crippen LogP contribution < -0.4 is 9.21 Å². The molecule has 0 radical (unpaired) electrons. The SMILES string of the molecule is CCN(c1ccccc1)S(=O)(=O)c1ccc(N2CCCCC(SC)C2)nc1. The van der Waals surface area contributed by atoms with Crippen LogP contribution in [0, 0.1) is 0 Å². The summed E-state index contributed by atoms with van der Waals surface area (Å²) in [5, 5.41) is 0.603. The third kappa shape index (κ3) is 4.58. The van der Waals surface area contributed by atoms with Crippen molar-refractivity contribution in [2.75, 3.05) is 35.1 Å². The number of hydrogen-bond donors (Lipinski definition) is 0. The molecule has 1 fully saturated rings. The summed E-state index contributed by atoms with van der Waals surface area (Å²) in [5.41, 5.74) is 0.666. The predicted molar refractivity (Wildman–Crippen MR) is 114 cm³/mol. The summed E-state index contributed by atoms with van der Waals surface area (Å²) in [7, 11) is -3.63. The molecule has 1 aliphatic rings. The van der Waals surface area contributed by atoms with Crippen molar-refractivity contribution in [1.82, 2.24) is 4.98 Å². The first-order valence-electron chi connectivity index (χ1n) is 9.38. The summed E-state index contributed by atoms with van der Waals surface area (Å²) in [5.74, 6) is 0.859. The number of thioether (sulfide) groups is 1. The van der Waals surface area contributed by atoms with Gasteiger partial charge in [-0.25, -0.2) is 13.4 Å². The van der Waals surface area contributed by atoms with Gasteiger partial charge >= 0.3 is 0 Å². The highest BCUT2D eigenvalue weighted by atomic mass is 32.2. The zero-order chi connectivity index (χ0) is 19.3. The fraction of sp³-hybridized carbons (Fsp3) is 0.450. The highest BCUT2D eigenvalue weighted by Crippen LogP contribution is 2.26. The Morgan fingerprint density at radius 2 is 1.96 bits per heavy atom. The van der Waals surface area contributed by atoms with E-state index in [4.69, 9.17) is 0 Å². The Hall–Kier alpha value is -1.73. The molecule has 2 heterocycles. The maximum Gasteiger partial charge on any atom is 0.265 e. The summed E-state index contributed by atoms with van der Waals surface area (Å²) in [6.45, 7) is 4.15. The van der Waals surface area contributed by atoms with Gasteiger partial charge in [0.25, 0.3) is 10.0 Å². The first-order chi connectivity index (χ1) is 13.1. The lowest BCUT2D eigenvalue weighted by Gasteiger charge is -2.25. The van der Waals surface area contributed by atoms with Gasteiger partial charge in [0, 0.05) is 31.1 Å². The van der Waals surface area contributed by atoms with Crippen molar-refractivity contribution in [3.05, 3.63) is 48.7 Å². The van der Waals surface area contributed by atoms with Gasteiger partial charge in [0.15, 0.2) is 0 Å². The van der Waals surface area contributed by atoms with Crippen molar-refractivity contribution in [1.29, 1.82) is 0 Å². The van der Waals surface area contributed by atoms with Gasteiger partial charge in [-0.3, -0.25) is 4.31 Å². The Kier molecular flexibility index (Phi) is 6.65. The molecule has 0 saturated carbocycles. The number of pyridine rings is 1. The van der Waals surface area contributed by atoms with E-state index in [0.717, 1.165) is 25.3 Å². The number of benzene rings is 1. The second-order valence-corrected chi connectivity index (χ2v) is 9.66. The molecule has 1 unspecified atom stereocenters. The zero-order valence-electron chi connectivity index (χ0n) is 15.9. The van der Waals surface area contributed by atoms with Crippen molar-refractivity contribution < 1.29 is 8.42 Å². The summed E-state index contributed by atoms with van der Waals surface area (Å²) in [4.78, 5) is 7.01. The fourth-order valence-electron chi connectivity index (χ4n) is 3.43. The highest BCUT2D eigenvalue weighted by Gasteiger charge is 2.25. The number of anilines is 2. The Morgan fingerprint density at radius 1 is 1.19 bits per heavy atom. The van der Waals surface area contributed by atoms with Crippen LogP contribution in [0.15, 0.2) is 53.6 Å². The molecule has 7 heteroatoms. The van der Waals surface area contributed by atoms with E-state index in [0.29, 0.717) is 17.5 Å². The molecule has 2 aromatic rings. The molecule has 1 aromatic carbocycles. The standard InChI is InChI=1S/C20H27N3O2S2/c1-3-23(17-9-5-4-6-10-17)27(24,25)19-12-13-20(21-15-19)22-14-8-7-11-18(16-22)26-2/h4-6,9-10,12-13,15,18H,3,7-8,11,14,16H2,1-2H3. The average Bonchev–Trinajstić information content (AvgIpc) is 2.95. The Morgan fingerprint density at radius 3 is 2.59 bits per heavy atom. The molecule has 27 heavy (non-hydrogen) atoms. The first kappa shape index (κ1) is 20.0. The molecule has 0 spiro atoms. The van der Waals surface area contributed by atoms with Crippen LogP contribution in [-0.2, 0) is 10.0 Å². The predicted octanol–water partition coefficient (Wildman–Crippen LogP) is 4.02. The quantitative estimate of drug-likeness (QED) is 0.727. The lowest BCUT2D eigenvalue weighted by atomic mass is 10.2. The van der Waals surface area contributed by atoms with Crippen LogP contribution in [0.3, 0.4) is 0 Å². The van der Waals surface area contributed by atoms with Crippen LogP contribution in [-0.4, -0.2) is 44.5 Å². The molecule has 0 bridgehead atoms. The number of hydrogen-bond acceptors (Lipinski definition) is 5. The molecule has 0 amide bonds. The van der Waals surface area contributed by atoms with Crippen molar-refractivity contribution in [2.45, 2.75) is 36.3 Å². The maximum absolute atomic E-state index is 13.1. The normalized spacial score (nSPS) is 18.1. The van der Waals surface area contributed by atoms with E-state index in [2.05, 4.69) is 16.1 Å². The van der Waals surface area contributed by atoms with Gasteiger partial charge in [-0.05, 0) is 50.3 Å². The summed E-state index contributed by atoms with van der Waals surface area (Å²) in [6.07, 6.45) is 7.26. The van der Waals surface area contributed by atoms with Crippen molar-refractivity contribution in [3.8, 4) is 0 Å². The fourth-order valence-corrected chi connectivity index (χ4v) is 5.58. The smallest absolute Gasteiger partial charge is 0.265 e. The van der Waals surface area contributed by atoms with Gasteiger partial charge < -0.3 is 4.90 Å². The molecule has 1 aliphatic heterocycles. The van der Waals surface area contributed by atoms with Crippen LogP contribution >= 0.6 is 11.8 Å². The number of nitrogens with zero attached hydrogens (tertiary/aromatic N) is 3. The van der Waals surface area contributed by atoms with Crippen LogP contribution in [0.2, 0.25) is 0 Å². The maximum atomic E-state index is 13.1. The van der Waals surface area contributed by atoms with Crippen LogP contribution in [0.4, 0.5) is 11.5 Å². The monoisotopic (exact) mass is 405 g/mol. The van der Waals surface area contributed by atoms with Gasteiger partial charge in [-0.15, -0.1) is 0 Å². The molecule has 0 N–H and O–H groups in total. The molecule has 1 atom stereocenters. The van der Waals surface area contributed by atoms with Gasteiger partial charge in [0.05, 0.1) is 5.69 Å². The Labute approximate surface area is 166 Å². The minimum Gasteiger partial charge on any atom is -0.356 e. The Balaban J connectivity index is 1.83. The molecule has 1 saturated heterocycles. The molecule has 3 rings (SSSR count). The average molecular weight is 406 g/mol. The molecule has 146 valence electrons. The van der Waals surface area contributed by atoms with E-state index >= 15 is 0 Å². The molecular weight excluding hydrogens is 378 g/mol. The van der Waals surface area contributed by atoms with Gasteiger partial charge in [-0.2, -0.15) is 11.8 Å². The first-order valence-corrected chi connectivity index (χ1v) is 12.1. The lowest BCUT2D eigenvalue weighted by molar-refractivity contribution is 0.591. The second kappa shape index (κ2) is 8.97. The lowest BCUT2D eigenvalue weighted by Crippen LogP contribution is -2.32. The van der Waals surface area contributed by atoms with Crippen LogP contribution in [0.25, 0.3) is 0 Å². The van der Waals surface area contributed by atoms with Crippen molar-refractivity contribution in [2.24, 2.45) is 0 Å². The van der Waals surface area contributed by atoms with Crippen LogP contribution in [0.5, 0.6) is 0 Å². The minimum absolute atomic E-state index is 0.230. The second-order valence-electron chi connectivity index (χ2n) is 6.66. The van der Waals surface area contributed by atoms with E-state index in [1.54, 1.807) is 6.07 Å². The van der Waals surface area contributed by atoms with Gasteiger partial charge in [0.2, 0.25) is 0 Å². The third-order valence-corrected chi connectivity index (χ3v) is 7.86. The van der Waals surface area contributed by atoms with Gasteiger partial charge in [-0.1, -0.05) is 24.6 Å². The molecule has 0 aliphatic carbocycles. The van der Waals surface area contributed by atoms with E-state index in [9.17, 15) is 8.42 Å². The molecule has 1 aromatic heterocycles. The summed E-state index contributed by atoms with van der Waals surface area (Å²) in [6, 6.07) is 12.7. The van der Waals surface area contributed by atoms with E-state index in [1.165, 1.54) is 23.3 Å². The van der Waals surface area contributed by atoms with E-state index in [1.807, 2.05) is 55.1 Å². The van der Waals surface area contributed by atoms with Gasteiger partial charge in [0.1, 0.15) is 10.7 Å². The number of aromatic nitrogens is 1. The molecule has 5 nitrogen and oxygen atoms in total. The molecular formula is C20H27N3O2S2. The summed E-state index contributed by atoms with van der Waals surface area (Å²) >= 11 is 1.90. The third-order valence-electron chi connectivity index (χ3n) is 4.93. The van der Waals surface area contributed by atoms with Crippen molar-refractivity contribution in [3.63, 3.8) is 0 Å². The van der Waals surface area contributed by atoms with E-state index in [-0.39, 0.29) is 4.90 Å². The number of rotatable bonds is 6. The van der Waals surface area contributed by atoms with Crippen molar-refractivity contribution >= 4 is 33.3 Å². The highest BCUT2D eigenvalue weighted by molar-refractivity contribution is 7.99. The largest absolute Gasteiger partial charge is 0.356 e. The Bertz CT molecular complexity index is 826. The summed E-state index contributed by atoms with van der Waals surface area (Å²) < 4.78 is 27.6. The van der Waals surface area contributed by atoms with E-state index < -0.39 is 10.0 Å².